The van der Waals surface area contributed by atoms with Crippen LogP contribution in [0.1, 0.15) is 23.6 Å². The van der Waals surface area contributed by atoms with Crippen molar-refractivity contribution in [3.05, 3.63) is 59.7 Å². The number of imidazole rings is 1. The number of hydrogen-bond donors (Lipinski definition) is 4. The molecule has 30 heavy (non-hydrogen) atoms. The van der Waals surface area contributed by atoms with Crippen LogP contribution in [0.4, 0.5) is 18.0 Å². The fourth-order valence-corrected chi connectivity index (χ4v) is 3.02. The van der Waals surface area contributed by atoms with E-state index in [4.69, 9.17) is 9.94 Å². The van der Waals surface area contributed by atoms with E-state index in [-0.39, 0.29) is 19.1 Å². The summed E-state index contributed by atoms with van der Waals surface area (Å²) in [6.07, 6.45) is 4.92. The predicted octanol–water partition coefficient (Wildman–Crippen LogP) is 2.14. The Morgan fingerprint density at radius 1 is 1.40 bits per heavy atom. The summed E-state index contributed by atoms with van der Waals surface area (Å²) in [4.78, 5) is 21.1. The molecule has 0 bridgehead atoms. The standard InChI is InChI=1S/C19H22F3N5O3/c20-19(21,22)12-24-18(29)26-15-3-1-2-14(9-15)16-11-23-17-8-13(4-5-27(16)17)10-25-30-7-6-28/h1-5,8,11,14,25,28H,6-7,9-10,12H2,(H2,24,26,29). The average Bonchev–Trinajstić information content (AvgIpc) is 3.13. The SMILES string of the molecule is O=C(NCC(F)(F)F)NC1=CC=CC(c2cnc3cc(CNOCCO)ccn23)C1. The number of aliphatic hydroxyl groups excluding tert-OH is 1. The molecule has 162 valence electrons. The summed E-state index contributed by atoms with van der Waals surface area (Å²) >= 11 is 0. The van der Waals surface area contributed by atoms with E-state index < -0.39 is 18.8 Å². The third-order valence-electron chi connectivity index (χ3n) is 4.36. The van der Waals surface area contributed by atoms with Crippen molar-refractivity contribution in [2.24, 2.45) is 0 Å². The maximum Gasteiger partial charge on any atom is 0.405 e. The number of pyridine rings is 1. The highest BCUT2D eigenvalue weighted by Crippen LogP contribution is 2.28. The van der Waals surface area contributed by atoms with Gasteiger partial charge in [0.05, 0.1) is 13.2 Å². The lowest BCUT2D eigenvalue weighted by molar-refractivity contribution is -0.122. The van der Waals surface area contributed by atoms with Gasteiger partial charge in [0.25, 0.3) is 0 Å². The number of carbonyl (C=O) groups excluding carboxylic acids is 1. The fraction of sp³-hybridized carbons (Fsp3) is 0.368. The molecule has 2 aromatic heterocycles. The van der Waals surface area contributed by atoms with E-state index in [0.717, 1.165) is 16.9 Å². The van der Waals surface area contributed by atoms with Crippen molar-refractivity contribution in [1.82, 2.24) is 25.5 Å². The first-order valence-electron chi connectivity index (χ1n) is 9.26. The highest BCUT2D eigenvalue weighted by atomic mass is 19.4. The van der Waals surface area contributed by atoms with Gasteiger partial charge in [-0.25, -0.2) is 9.78 Å². The molecular weight excluding hydrogens is 403 g/mol. The van der Waals surface area contributed by atoms with Crippen LogP contribution in [0.5, 0.6) is 0 Å². The molecule has 1 atom stereocenters. The molecule has 1 unspecified atom stereocenters. The number of aliphatic hydroxyl groups is 1. The highest BCUT2D eigenvalue weighted by molar-refractivity contribution is 5.76. The van der Waals surface area contributed by atoms with Crippen LogP contribution >= 0.6 is 0 Å². The summed E-state index contributed by atoms with van der Waals surface area (Å²) in [7, 11) is 0. The first-order valence-corrected chi connectivity index (χ1v) is 9.26. The molecule has 2 heterocycles. The van der Waals surface area contributed by atoms with Gasteiger partial charge in [0.15, 0.2) is 0 Å². The molecule has 1 aliphatic rings. The van der Waals surface area contributed by atoms with Crippen LogP contribution in [0.25, 0.3) is 5.65 Å². The Hall–Kier alpha value is -2.89. The van der Waals surface area contributed by atoms with Crippen molar-refractivity contribution in [2.45, 2.75) is 25.1 Å². The van der Waals surface area contributed by atoms with Crippen molar-refractivity contribution in [1.29, 1.82) is 0 Å². The quantitative estimate of drug-likeness (QED) is 0.384. The van der Waals surface area contributed by atoms with Gasteiger partial charge >= 0.3 is 12.2 Å². The van der Waals surface area contributed by atoms with Crippen molar-refractivity contribution in [3.63, 3.8) is 0 Å². The van der Waals surface area contributed by atoms with Crippen molar-refractivity contribution >= 4 is 11.7 Å². The molecule has 1 aliphatic carbocycles. The number of allylic oxidation sites excluding steroid dienone is 4. The molecule has 2 aromatic rings. The number of nitrogens with one attached hydrogen (secondary N) is 3. The van der Waals surface area contributed by atoms with Gasteiger partial charge in [0.1, 0.15) is 12.2 Å². The summed E-state index contributed by atoms with van der Waals surface area (Å²) < 4.78 is 38.6. The predicted molar refractivity (Wildman–Crippen MR) is 102 cm³/mol. The van der Waals surface area contributed by atoms with Crippen LogP contribution in [0.2, 0.25) is 0 Å². The normalized spacial score (nSPS) is 16.5. The van der Waals surface area contributed by atoms with E-state index in [0.29, 0.717) is 18.7 Å². The fourth-order valence-electron chi connectivity index (χ4n) is 3.02. The van der Waals surface area contributed by atoms with Crippen LogP contribution in [0.3, 0.4) is 0 Å². The number of urea groups is 1. The van der Waals surface area contributed by atoms with Crippen molar-refractivity contribution in [3.8, 4) is 0 Å². The van der Waals surface area contributed by atoms with Gasteiger partial charge in [0, 0.05) is 36.2 Å². The largest absolute Gasteiger partial charge is 0.405 e. The number of aromatic nitrogens is 2. The molecule has 0 aromatic carbocycles. The Balaban J connectivity index is 1.61. The van der Waals surface area contributed by atoms with E-state index in [1.165, 1.54) is 0 Å². The Bertz CT molecular complexity index is 939. The number of alkyl halides is 3. The highest BCUT2D eigenvalue weighted by Gasteiger charge is 2.28. The molecule has 0 aliphatic heterocycles. The minimum atomic E-state index is -4.46. The molecule has 0 saturated carbocycles. The minimum absolute atomic E-state index is 0.0696. The zero-order valence-electron chi connectivity index (χ0n) is 15.9. The second-order valence-electron chi connectivity index (χ2n) is 6.65. The molecular formula is C19H22F3N5O3. The molecule has 3 rings (SSSR count). The molecule has 2 amide bonds. The molecule has 0 spiro atoms. The number of amides is 2. The van der Waals surface area contributed by atoms with Crippen molar-refractivity contribution in [2.75, 3.05) is 19.8 Å². The van der Waals surface area contributed by atoms with Gasteiger partial charge in [-0.15, -0.1) is 0 Å². The van der Waals surface area contributed by atoms with E-state index in [9.17, 15) is 18.0 Å². The second kappa shape index (κ2) is 9.74. The zero-order valence-corrected chi connectivity index (χ0v) is 15.9. The average molecular weight is 425 g/mol. The van der Waals surface area contributed by atoms with Gasteiger partial charge < -0.3 is 20.1 Å². The van der Waals surface area contributed by atoms with Gasteiger partial charge in [-0.1, -0.05) is 12.2 Å². The molecule has 0 fully saturated rings. The Morgan fingerprint density at radius 2 is 2.23 bits per heavy atom. The molecule has 8 nitrogen and oxygen atoms in total. The number of hydrogen-bond acceptors (Lipinski definition) is 5. The molecule has 0 radical (unpaired) electrons. The Kier molecular flexibility index (Phi) is 7.08. The third kappa shape index (κ3) is 6.05. The monoisotopic (exact) mass is 425 g/mol. The first-order chi connectivity index (χ1) is 14.4. The third-order valence-corrected chi connectivity index (χ3v) is 4.36. The van der Waals surface area contributed by atoms with E-state index in [2.05, 4.69) is 15.8 Å². The number of carbonyl (C=O) groups is 1. The second-order valence-corrected chi connectivity index (χ2v) is 6.65. The van der Waals surface area contributed by atoms with Gasteiger partial charge in [0.2, 0.25) is 0 Å². The topological polar surface area (TPSA) is 99.9 Å². The maximum absolute atomic E-state index is 12.2. The van der Waals surface area contributed by atoms with Crippen LogP contribution < -0.4 is 16.1 Å². The minimum Gasteiger partial charge on any atom is -0.394 e. The maximum atomic E-state index is 12.2. The summed E-state index contributed by atoms with van der Waals surface area (Å²) in [6.45, 7) is -0.811. The Morgan fingerprint density at radius 3 is 3.00 bits per heavy atom. The van der Waals surface area contributed by atoms with Crippen LogP contribution in [-0.2, 0) is 11.4 Å². The van der Waals surface area contributed by atoms with Crippen LogP contribution in [0, 0.1) is 0 Å². The number of hydroxylamine groups is 1. The lowest BCUT2D eigenvalue weighted by Crippen LogP contribution is -2.40. The lowest BCUT2D eigenvalue weighted by Gasteiger charge is -2.19. The van der Waals surface area contributed by atoms with E-state index in [1.54, 1.807) is 23.7 Å². The number of halogens is 3. The van der Waals surface area contributed by atoms with E-state index in [1.807, 2.05) is 28.8 Å². The molecule has 11 heteroatoms. The summed E-state index contributed by atoms with van der Waals surface area (Å²) in [5.74, 6) is -0.0974. The molecule has 4 N–H and O–H groups in total. The van der Waals surface area contributed by atoms with Crippen molar-refractivity contribution < 1.29 is 27.9 Å². The van der Waals surface area contributed by atoms with Gasteiger partial charge in [-0.05, 0) is 30.2 Å². The Labute approximate surface area is 170 Å². The number of nitrogens with zero attached hydrogens (tertiary/aromatic N) is 2. The summed E-state index contributed by atoms with van der Waals surface area (Å²) in [6, 6.07) is 2.90. The first kappa shape index (κ1) is 21.8. The lowest BCUT2D eigenvalue weighted by atomic mass is 9.95. The van der Waals surface area contributed by atoms with E-state index >= 15 is 0 Å². The van der Waals surface area contributed by atoms with Crippen LogP contribution in [-0.4, -0.2) is 46.5 Å². The summed E-state index contributed by atoms with van der Waals surface area (Å²) in [5, 5.41) is 13.0. The van der Waals surface area contributed by atoms with Gasteiger partial charge in [-0.2, -0.15) is 18.7 Å². The zero-order chi connectivity index (χ0) is 21.6. The molecule has 0 saturated heterocycles. The van der Waals surface area contributed by atoms with Crippen LogP contribution in [0.15, 0.2) is 48.5 Å². The number of fused-ring (bicyclic) bond motifs is 1. The number of rotatable bonds is 8. The van der Waals surface area contributed by atoms with Gasteiger partial charge in [-0.3, -0.25) is 4.84 Å². The summed E-state index contributed by atoms with van der Waals surface area (Å²) in [5.41, 5.74) is 5.82. The smallest absolute Gasteiger partial charge is 0.394 e.